The molecule has 2 atom stereocenters. The summed E-state index contributed by atoms with van der Waals surface area (Å²) < 4.78 is 4.96. The van der Waals surface area contributed by atoms with Gasteiger partial charge < -0.3 is 15.0 Å². The Morgan fingerprint density at radius 2 is 2.30 bits per heavy atom. The third-order valence-corrected chi connectivity index (χ3v) is 3.29. The van der Waals surface area contributed by atoms with Crippen molar-refractivity contribution in [2.24, 2.45) is 0 Å². The van der Waals surface area contributed by atoms with Crippen LogP contribution in [0.5, 0.6) is 0 Å². The molecule has 1 unspecified atom stereocenters. The number of anilines is 1. The second-order valence-corrected chi connectivity index (χ2v) is 4.91. The zero-order valence-corrected chi connectivity index (χ0v) is 11.9. The Morgan fingerprint density at radius 1 is 1.55 bits per heavy atom. The maximum atomic E-state index is 12.1. The van der Waals surface area contributed by atoms with Crippen LogP contribution in [0.1, 0.15) is 24.8 Å². The number of nitrogens with zero attached hydrogens (tertiary/aromatic N) is 2. The van der Waals surface area contributed by atoms with Gasteiger partial charge in [-0.2, -0.15) is 0 Å². The number of nitrogens with one attached hydrogen (secondary N) is 1. The van der Waals surface area contributed by atoms with Crippen molar-refractivity contribution in [3.8, 4) is 0 Å². The monoisotopic (exact) mass is 277 g/mol. The van der Waals surface area contributed by atoms with Crippen LogP contribution in [0, 0.1) is 0 Å². The topological polar surface area (TPSA) is 71.5 Å². The van der Waals surface area contributed by atoms with E-state index in [-0.39, 0.29) is 17.8 Å². The van der Waals surface area contributed by atoms with Gasteiger partial charge in [0.05, 0.1) is 12.5 Å². The summed E-state index contributed by atoms with van der Waals surface area (Å²) in [5, 5.41) is 2.69. The first-order valence-corrected chi connectivity index (χ1v) is 6.63. The van der Waals surface area contributed by atoms with E-state index in [2.05, 4.69) is 10.3 Å². The van der Waals surface area contributed by atoms with Crippen molar-refractivity contribution in [2.45, 2.75) is 25.3 Å². The van der Waals surface area contributed by atoms with Gasteiger partial charge in [-0.05, 0) is 19.4 Å². The Balaban J connectivity index is 2.22. The van der Waals surface area contributed by atoms with Crippen LogP contribution in [0.25, 0.3) is 0 Å². The lowest BCUT2D eigenvalue weighted by molar-refractivity contribution is -0.145. The van der Waals surface area contributed by atoms with Crippen molar-refractivity contribution in [2.75, 3.05) is 25.6 Å². The molecule has 2 rings (SSSR count). The van der Waals surface area contributed by atoms with Gasteiger partial charge in [0.2, 0.25) is 5.91 Å². The molecule has 0 saturated carbocycles. The molecule has 1 aliphatic heterocycles. The first-order chi connectivity index (χ1) is 9.54. The minimum atomic E-state index is -0.567. The number of amides is 1. The molecule has 0 spiro atoms. The predicted molar refractivity (Wildman–Crippen MR) is 74.5 cm³/mol. The van der Waals surface area contributed by atoms with Crippen LogP contribution < -0.4 is 10.2 Å². The Labute approximate surface area is 118 Å². The molecule has 1 aromatic heterocycles. The Morgan fingerprint density at radius 3 is 2.95 bits per heavy atom. The molecular formula is C14H19N3O3. The Bertz CT molecular complexity index is 516. The SMILES string of the molecule is CCOC(=O)[C@H]1CC(c2cccnc2N(C)C)C(=O)N1. The quantitative estimate of drug-likeness (QED) is 0.820. The van der Waals surface area contributed by atoms with Gasteiger partial charge in [-0.25, -0.2) is 9.78 Å². The maximum absolute atomic E-state index is 12.1. The molecule has 1 fully saturated rings. The number of hydrogen-bond acceptors (Lipinski definition) is 5. The lowest BCUT2D eigenvalue weighted by atomic mass is 9.96. The molecule has 0 aliphatic carbocycles. The molecule has 0 aromatic carbocycles. The molecule has 1 aromatic rings. The molecule has 6 heteroatoms. The summed E-state index contributed by atoms with van der Waals surface area (Å²) in [7, 11) is 3.75. The normalized spacial score (nSPS) is 21.4. The highest BCUT2D eigenvalue weighted by Gasteiger charge is 2.39. The van der Waals surface area contributed by atoms with Crippen LogP contribution in [0.2, 0.25) is 0 Å². The summed E-state index contributed by atoms with van der Waals surface area (Å²) in [4.78, 5) is 30.0. The number of carbonyl (C=O) groups excluding carboxylic acids is 2. The lowest BCUT2D eigenvalue weighted by Gasteiger charge is -2.18. The first-order valence-electron chi connectivity index (χ1n) is 6.63. The fourth-order valence-corrected chi connectivity index (χ4v) is 2.40. The summed E-state index contributed by atoms with van der Waals surface area (Å²) in [6.45, 7) is 2.06. The second-order valence-electron chi connectivity index (χ2n) is 4.91. The maximum Gasteiger partial charge on any atom is 0.328 e. The zero-order valence-electron chi connectivity index (χ0n) is 11.9. The number of aromatic nitrogens is 1. The van der Waals surface area contributed by atoms with E-state index in [9.17, 15) is 9.59 Å². The van der Waals surface area contributed by atoms with E-state index in [0.29, 0.717) is 13.0 Å². The fraction of sp³-hybridized carbons (Fsp3) is 0.500. The van der Waals surface area contributed by atoms with E-state index in [0.717, 1.165) is 11.4 Å². The van der Waals surface area contributed by atoms with Gasteiger partial charge in [0.15, 0.2) is 0 Å². The standard InChI is InChI=1S/C14H19N3O3/c1-4-20-14(19)11-8-10(13(18)16-11)9-6-5-7-15-12(9)17(2)3/h5-7,10-11H,4,8H2,1-3H3,(H,16,18)/t10?,11-/m1/s1. The van der Waals surface area contributed by atoms with Gasteiger partial charge >= 0.3 is 5.97 Å². The molecule has 1 amide bonds. The predicted octanol–water partition coefficient (Wildman–Crippen LogP) is 0.683. The van der Waals surface area contributed by atoms with Crippen LogP contribution in [0.15, 0.2) is 18.3 Å². The van der Waals surface area contributed by atoms with Gasteiger partial charge in [-0.1, -0.05) is 6.07 Å². The second kappa shape index (κ2) is 5.90. The van der Waals surface area contributed by atoms with Gasteiger partial charge in [-0.3, -0.25) is 4.79 Å². The third kappa shape index (κ3) is 2.74. The van der Waals surface area contributed by atoms with Gasteiger partial charge in [0.1, 0.15) is 11.9 Å². The van der Waals surface area contributed by atoms with Gasteiger partial charge in [-0.15, -0.1) is 0 Å². The van der Waals surface area contributed by atoms with Crippen molar-refractivity contribution in [3.63, 3.8) is 0 Å². The number of carbonyl (C=O) groups is 2. The summed E-state index contributed by atoms with van der Waals surface area (Å²) in [5.41, 5.74) is 0.835. The van der Waals surface area contributed by atoms with Gasteiger partial charge in [0.25, 0.3) is 0 Å². The number of ether oxygens (including phenoxy) is 1. The van der Waals surface area contributed by atoms with Crippen LogP contribution in [0.3, 0.4) is 0 Å². The average Bonchev–Trinajstić information content (AvgIpc) is 2.81. The minimum Gasteiger partial charge on any atom is -0.464 e. The Kier molecular flexibility index (Phi) is 4.22. The highest BCUT2D eigenvalue weighted by Crippen LogP contribution is 2.32. The largest absolute Gasteiger partial charge is 0.464 e. The highest BCUT2D eigenvalue weighted by molar-refractivity contribution is 5.93. The fourth-order valence-electron chi connectivity index (χ4n) is 2.40. The molecule has 1 saturated heterocycles. The van der Waals surface area contributed by atoms with Crippen LogP contribution in [0.4, 0.5) is 5.82 Å². The highest BCUT2D eigenvalue weighted by atomic mass is 16.5. The summed E-state index contributed by atoms with van der Waals surface area (Å²) in [6.07, 6.45) is 2.10. The number of rotatable bonds is 4. The van der Waals surface area contributed by atoms with Crippen molar-refractivity contribution < 1.29 is 14.3 Å². The van der Waals surface area contributed by atoms with E-state index < -0.39 is 6.04 Å². The van der Waals surface area contributed by atoms with Crippen molar-refractivity contribution in [1.29, 1.82) is 0 Å². The summed E-state index contributed by atoms with van der Waals surface area (Å²) in [6, 6.07) is 3.11. The van der Waals surface area contributed by atoms with E-state index in [1.807, 2.05) is 25.1 Å². The van der Waals surface area contributed by atoms with E-state index >= 15 is 0 Å². The van der Waals surface area contributed by atoms with Crippen LogP contribution in [-0.2, 0) is 14.3 Å². The summed E-state index contributed by atoms with van der Waals surface area (Å²) >= 11 is 0. The van der Waals surface area contributed by atoms with Crippen molar-refractivity contribution in [3.05, 3.63) is 23.9 Å². The zero-order chi connectivity index (χ0) is 14.7. The lowest BCUT2D eigenvalue weighted by Crippen LogP contribution is -2.34. The molecule has 0 bridgehead atoms. The molecule has 108 valence electrons. The number of esters is 1. The number of pyridine rings is 1. The molecule has 6 nitrogen and oxygen atoms in total. The van der Waals surface area contributed by atoms with Crippen molar-refractivity contribution in [1.82, 2.24) is 10.3 Å². The van der Waals surface area contributed by atoms with Crippen molar-refractivity contribution >= 4 is 17.7 Å². The van der Waals surface area contributed by atoms with Crippen LogP contribution >= 0.6 is 0 Å². The molecule has 1 aliphatic rings. The molecular weight excluding hydrogens is 258 g/mol. The molecule has 20 heavy (non-hydrogen) atoms. The Hall–Kier alpha value is -2.11. The van der Waals surface area contributed by atoms with E-state index in [4.69, 9.17) is 4.74 Å². The molecule has 2 heterocycles. The van der Waals surface area contributed by atoms with Gasteiger partial charge in [0, 0.05) is 25.9 Å². The minimum absolute atomic E-state index is 0.154. The van der Waals surface area contributed by atoms with Crippen LogP contribution in [-0.4, -0.2) is 43.6 Å². The number of hydrogen-bond donors (Lipinski definition) is 1. The van der Waals surface area contributed by atoms with E-state index in [1.54, 1.807) is 19.2 Å². The molecule has 1 N–H and O–H groups in total. The third-order valence-electron chi connectivity index (χ3n) is 3.29. The molecule has 0 radical (unpaired) electrons. The van der Waals surface area contributed by atoms with E-state index in [1.165, 1.54) is 0 Å². The summed E-state index contributed by atoms with van der Waals surface area (Å²) in [5.74, 6) is -0.148. The first kappa shape index (κ1) is 14.3. The average molecular weight is 277 g/mol. The smallest absolute Gasteiger partial charge is 0.328 e.